The Bertz CT molecular complexity index is 1180. The standard InChI is InChI=1S/C26H27F2N3S2/c1-2-20-24(17-33-26-30-22-9-5-6-10-23(22)31-26)29-14-13-25(20)32-15-7-3-4-8-18-11-12-19(27)16-21(18)28/h5-6,9-14,16H,2-4,7-8,15,17H2,1H3,(H,30,31). The van der Waals surface area contributed by atoms with Gasteiger partial charge in [0.15, 0.2) is 5.16 Å². The number of thioether (sulfide) groups is 2. The van der Waals surface area contributed by atoms with E-state index in [-0.39, 0.29) is 0 Å². The van der Waals surface area contributed by atoms with E-state index in [1.165, 1.54) is 16.5 Å². The number of pyridine rings is 1. The smallest absolute Gasteiger partial charge is 0.166 e. The van der Waals surface area contributed by atoms with Crippen molar-refractivity contribution in [2.24, 2.45) is 0 Å². The molecular weight excluding hydrogens is 456 g/mol. The molecule has 0 saturated heterocycles. The lowest BCUT2D eigenvalue weighted by molar-refractivity contribution is 0.566. The zero-order valence-electron chi connectivity index (χ0n) is 18.6. The van der Waals surface area contributed by atoms with Crippen LogP contribution in [-0.2, 0) is 18.6 Å². The van der Waals surface area contributed by atoms with E-state index >= 15 is 0 Å². The lowest BCUT2D eigenvalue weighted by atomic mass is 10.1. The molecule has 3 nitrogen and oxygen atoms in total. The van der Waals surface area contributed by atoms with Crippen LogP contribution in [0.1, 0.15) is 43.0 Å². The molecule has 4 aromatic rings. The van der Waals surface area contributed by atoms with Gasteiger partial charge in [0.25, 0.3) is 0 Å². The molecule has 0 saturated carbocycles. The highest BCUT2D eigenvalue weighted by Crippen LogP contribution is 2.30. The van der Waals surface area contributed by atoms with Crippen molar-refractivity contribution in [3.63, 3.8) is 0 Å². The van der Waals surface area contributed by atoms with Crippen molar-refractivity contribution < 1.29 is 8.78 Å². The minimum Gasteiger partial charge on any atom is -0.333 e. The van der Waals surface area contributed by atoms with Gasteiger partial charge in [-0.15, -0.1) is 11.8 Å². The van der Waals surface area contributed by atoms with E-state index in [1.807, 2.05) is 42.2 Å². The van der Waals surface area contributed by atoms with E-state index in [1.54, 1.807) is 17.8 Å². The van der Waals surface area contributed by atoms with E-state index in [2.05, 4.69) is 27.9 Å². The molecule has 2 aromatic heterocycles. The summed E-state index contributed by atoms with van der Waals surface area (Å²) >= 11 is 3.55. The molecule has 0 fully saturated rings. The van der Waals surface area contributed by atoms with Gasteiger partial charge in [-0.1, -0.05) is 43.3 Å². The van der Waals surface area contributed by atoms with Gasteiger partial charge < -0.3 is 4.98 Å². The average Bonchev–Trinajstić information content (AvgIpc) is 3.24. The largest absolute Gasteiger partial charge is 0.333 e. The van der Waals surface area contributed by atoms with Gasteiger partial charge in [-0.25, -0.2) is 13.8 Å². The molecule has 0 aliphatic carbocycles. The van der Waals surface area contributed by atoms with Crippen LogP contribution < -0.4 is 0 Å². The van der Waals surface area contributed by atoms with E-state index < -0.39 is 11.6 Å². The number of hydrogen-bond donors (Lipinski definition) is 1. The number of imidazole rings is 1. The molecular formula is C26H27F2N3S2. The third-order valence-corrected chi connectivity index (χ3v) is 7.60. The predicted octanol–water partition coefficient (Wildman–Crippen LogP) is 7.60. The molecule has 0 atom stereocenters. The summed E-state index contributed by atoms with van der Waals surface area (Å²) in [7, 11) is 0. The number of H-pyrrole nitrogens is 1. The van der Waals surface area contributed by atoms with Crippen molar-refractivity contribution >= 4 is 34.6 Å². The maximum atomic E-state index is 13.7. The normalized spacial score (nSPS) is 11.4. The second-order valence-corrected chi connectivity index (χ2v) is 9.93. The zero-order valence-corrected chi connectivity index (χ0v) is 20.2. The van der Waals surface area contributed by atoms with Crippen molar-refractivity contribution in [2.45, 2.75) is 54.8 Å². The van der Waals surface area contributed by atoms with Gasteiger partial charge in [0.05, 0.1) is 16.7 Å². The lowest BCUT2D eigenvalue weighted by Gasteiger charge is -2.12. The SMILES string of the molecule is CCc1c(SCCCCCc2ccc(F)cc2F)ccnc1CSc1nc2ccccc2[nH]1. The van der Waals surface area contributed by atoms with Crippen LogP contribution in [0, 0.1) is 11.6 Å². The first-order chi connectivity index (χ1) is 16.1. The number of benzene rings is 2. The number of unbranched alkanes of at least 4 members (excludes halogenated alkanes) is 2. The van der Waals surface area contributed by atoms with E-state index in [0.29, 0.717) is 12.0 Å². The highest BCUT2D eigenvalue weighted by molar-refractivity contribution is 7.99. The number of fused-ring (bicyclic) bond motifs is 1. The monoisotopic (exact) mass is 483 g/mol. The maximum Gasteiger partial charge on any atom is 0.166 e. The van der Waals surface area contributed by atoms with Gasteiger partial charge in [0, 0.05) is 22.9 Å². The number of para-hydroxylation sites is 2. The summed E-state index contributed by atoms with van der Waals surface area (Å²) in [6.45, 7) is 2.17. The summed E-state index contributed by atoms with van der Waals surface area (Å²) in [5, 5.41) is 0.913. The first-order valence-electron chi connectivity index (χ1n) is 11.2. The molecule has 0 bridgehead atoms. The molecule has 2 aromatic carbocycles. The quantitative estimate of drug-likeness (QED) is 0.176. The molecule has 4 rings (SSSR count). The van der Waals surface area contributed by atoms with Crippen LogP contribution in [0.4, 0.5) is 8.78 Å². The maximum absolute atomic E-state index is 13.7. The highest BCUT2D eigenvalue weighted by Gasteiger charge is 2.11. The summed E-state index contributed by atoms with van der Waals surface area (Å²) in [5.41, 5.74) is 5.04. The van der Waals surface area contributed by atoms with Crippen molar-refractivity contribution in [2.75, 3.05) is 5.75 Å². The second-order valence-electron chi connectivity index (χ2n) is 7.83. The third kappa shape index (κ3) is 6.36. The number of rotatable bonds is 11. The zero-order chi connectivity index (χ0) is 23.0. The topological polar surface area (TPSA) is 41.6 Å². The molecule has 0 spiro atoms. The Morgan fingerprint density at radius 2 is 1.85 bits per heavy atom. The second kappa shape index (κ2) is 11.7. The van der Waals surface area contributed by atoms with Crippen molar-refractivity contribution in [1.82, 2.24) is 15.0 Å². The number of aryl methyl sites for hydroxylation is 1. The fourth-order valence-corrected chi connectivity index (χ4v) is 5.82. The Kier molecular flexibility index (Phi) is 8.40. The number of nitrogens with one attached hydrogen (secondary N) is 1. The number of halogens is 2. The van der Waals surface area contributed by atoms with Crippen molar-refractivity contribution in [1.29, 1.82) is 0 Å². The van der Waals surface area contributed by atoms with Crippen LogP contribution in [0.3, 0.4) is 0 Å². The summed E-state index contributed by atoms with van der Waals surface area (Å²) in [6.07, 6.45) is 6.46. The van der Waals surface area contributed by atoms with Gasteiger partial charge in [-0.3, -0.25) is 4.98 Å². The van der Waals surface area contributed by atoms with Crippen LogP contribution in [0.25, 0.3) is 11.0 Å². The Labute approximate surface area is 201 Å². The van der Waals surface area contributed by atoms with Crippen LogP contribution in [0.2, 0.25) is 0 Å². The first-order valence-corrected chi connectivity index (χ1v) is 13.2. The average molecular weight is 484 g/mol. The number of aromatic amines is 1. The van der Waals surface area contributed by atoms with Gasteiger partial charge in [0.1, 0.15) is 11.6 Å². The minimum absolute atomic E-state index is 0.443. The number of nitrogens with zero attached hydrogens (tertiary/aromatic N) is 2. The van der Waals surface area contributed by atoms with Crippen LogP contribution in [0.15, 0.2) is 64.8 Å². The molecule has 33 heavy (non-hydrogen) atoms. The highest BCUT2D eigenvalue weighted by atomic mass is 32.2. The fraction of sp³-hybridized carbons (Fsp3) is 0.308. The van der Waals surface area contributed by atoms with Crippen molar-refractivity contribution in [3.8, 4) is 0 Å². The molecule has 0 unspecified atom stereocenters. The summed E-state index contributed by atoms with van der Waals surface area (Å²) in [4.78, 5) is 14.0. The molecule has 0 radical (unpaired) electrons. The lowest BCUT2D eigenvalue weighted by Crippen LogP contribution is -1.98. The minimum atomic E-state index is -0.521. The Hall–Kier alpha value is -2.38. The summed E-state index contributed by atoms with van der Waals surface area (Å²) < 4.78 is 26.7. The van der Waals surface area contributed by atoms with E-state index in [9.17, 15) is 8.78 Å². The number of aromatic nitrogens is 3. The van der Waals surface area contributed by atoms with Crippen LogP contribution >= 0.6 is 23.5 Å². The van der Waals surface area contributed by atoms with Gasteiger partial charge in [0.2, 0.25) is 0 Å². The molecule has 2 heterocycles. The molecule has 0 aliphatic rings. The Balaban J connectivity index is 1.27. The Morgan fingerprint density at radius 3 is 2.67 bits per heavy atom. The van der Waals surface area contributed by atoms with Gasteiger partial charge in [-0.05, 0) is 66.8 Å². The van der Waals surface area contributed by atoms with E-state index in [4.69, 9.17) is 0 Å². The van der Waals surface area contributed by atoms with Gasteiger partial charge >= 0.3 is 0 Å². The fourth-order valence-electron chi connectivity index (χ4n) is 3.79. The first kappa shape index (κ1) is 23.8. The summed E-state index contributed by atoms with van der Waals surface area (Å²) in [6, 6.07) is 14.0. The third-order valence-electron chi connectivity index (χ3n) is 5.53. The Morgan fingerprint density at radius 1 is 0.970 bits per heavy atom. The molecule has 172 valence electrons. The number of hydrogen-bond acceptors (Lipinski definition) is 4. The van der Waals surface area contributed by atoms with Crippen molar-refractivity contribution in [3.05, 3.63) is 83.2 Å². The molecule has 1 N–H and O–H groups in total. The van der Waals surface area contributed by atoms with Crippen LogP contribution in [0.5, 0.6) is 0 Å². The predicted molar refractivity (Wildman–Crippen MR) is 134 cm³/mol. The molecule has 0 aliphatic heterocycles. The molecule has 7 heteroatoms. The van der Waals surface area contributed by atoms with E-state index in [0.717, 1.165) is 65.1 Å². The van der Waals surface area contributed by atoms with Gasteiger partial charge in [-0.2, -0.15) is 0 Å². The van der Waals surface area contributed by atoms with Crippen LogP contribution in [-0.4, -0.2) is 20.7 Å². The summed E-state index contributed by atoms with van der Waals surface area (Å²) in [5.74, 6) is 0.827. The molecule has 0 amide bonds.